The van der Waals surface area contributed by atoms with Crippen LogP contribution in [0.4, 0.5) is 0 Å². The average Bonchev–Trinajstić information content (AvgIpc) is 3.03. The zero-order valence-electron chi connectivity index (χ0n) is 13.0. The Morgan fingerprint density at radius 3 is 3.00 bits per heavy atom. The zero-order chi connectivity index (χ0) is 15.9. The van der Waals surface area contributed by atoms with Gasteiger partial charge in [-0.05, 0) is 26.2 Å². The van der Waals surface area contributed by atoms with Gasteiger partial charge >= 0.3 is 0 Å². The molecule has 0 amide bonds. The first-order valence-electron chi connectivity index (χ1n) is 7.32. The Kier molecular flexibility index (Phi) is 5.79. The van der Waals surface area contributed by atoms with Crippen molar-refractivity contribution in [3.05, 3.63) is 45.8 Å². The van der Waals surface area contributed by atoms with E-state index in [1.54, 1.807) is 0 Å². The van der Waals surface area contributed by atoms with Gasteiger partial charge in [0.1, 0.15) is 11.5 Å². The maximum absolute atomic E-state index is 10.5. The maximum atomic E-state index is 10.5. The third-order valence-electron chi connectivity index (χ3n) is 3.30. The number of hydrogen-bond acceptors (Lipinski definition) is 7. The molecule has 1 fully saturated rings. The van der Waals surface area contributed by atoms with Gasteiger partial charge in [-0.3, -0.25) is 10.1 Å². The molecular weight excluding hydrogens is 286 g/mol. The minimum atomic E-state index is -0.427. The van der Waals surface area contributed by atoms with Crippen molar-refractivity contribution in [1.29, 1.82) is 0 Å². The van der Waals surface area contributed by atoms with E-state index in [0.717, 1.165) is 50.4 Å². The van der Waals surface area contributed by atoms with Crippen LogP contribution in [0.25, 0.3) is 0 Å². The summed E-state index contributed by atoms with van der Waals surface area (Å²) in [4.78, 5) is 14.1. The monoisotopic (exact) mass is 309 g/mol. The summed E-state index contributed by atoms with van der Waals surface area (Å²) in [5, 5.41) is 16.8. The lowest BCUT2D eigenvalue weighted by Crippen LogP contribution is -2.30. The van der Waals surface area contributed by atoms with E-state index in [2.05, 4.69) is 15.5 Å². The number of nitro groups is 1. The fraction of sp³-hybridized carbons (Fsp3) is 0.571. The highest BCUT2D eigenvalue weighted by atomic mass is 16.6. The second-order valence-electron chi connectivity index (χ2n) is 5.50. The molecule has 22 heavy (non-hydrogen) atoms. The van der Waals surface area contributed by atoms with Crippen LogP contribution in [0.1, 0.15) is 11.5 Å². The summed E-state index contributed by atoms with van der Waals surface area (Å²) in [5.74, 6) is 2.43. The molecule has 122 valence electrons. The van der Waals surface area contributed by atoms with Crippen LogP contribution in [0.5, 0.6) is 0 Å². The van der Waals surface area contributed by atoms with Crippen molar-refractivity contribution < 1.29 is 9.34 Å². The molecule has 1 aromatic rings. The summed E-state index contributed by atoms with van der Waals surface area (Å²) >= 11 is 0. The highest BCUT2D eigenvalue weighted by Crippen LogP contribution is 2.09. The van der Waals surface area contributed by atoms with Crippen LogP contribution in [0.3, 0.4) is 0 Å². The van der Waals surface area contributed by atoms with Crippen molar-refractivity contribution in [3.63, 3.8) is 0 Å². The first kappa shape index (κ1) is 16.3. The van der Waals surface area contributed by atoms with Gasteiger partial charge < -0.3 is 24.9 Å². The van der Waals surface area contributed by atoms with E-state index >= 15 is 0 Å². The Balaban J connectivity index is 1.70. The molecule has 0 spiro atoms. The summed E-state index contributed by atoms with van der Waals surface area (Å²) in [6.45, 7) is 4.43. The van der Waals surface area contributed by atoms with Crippen molar-refractivity contribution in [2.75, 3.05) is 40.3 Å². The van der Waals surface area contributed by atoms with Gasteiger partial charge in [0.25, 0.3) is 6.20 Å². The largest absolute Gasteiger partial charge is 0.463 e. The molecule has 8 nitrogen and oxygen atoms in total. The van der Waals surface area contributed by atoms with E-state index in [1.165, 1.54) is 0 Å². The minimum absolute atomic E-state index is 0.427. The van der Waals surface area contributed by atoms with Crippen molar-refractivity contribution in [2.24, 2.45) is 0 Å². The third-order valence-corrected chi connectivity index (χ3v) is 3.30. The van der Waals surface area contributed by atoms with Crippen LogP contribution >= 0.6 is 0 Å². The predicted octanol–water partition coefficient (Wildman–Crippen LogP) is 0.412. The fourth-order valence-corrected chi connectivity index (χ4v) is 2.35. The highest BCUT2D eigenvalue weighted by Gasteiger charge is 2.18. The van der Waals surface area contributed by atoms with Crippen LogP contribution in [-0.4, -0.2) is 55.0 Å². The molecule has 2 heterocycles. The third kappa shape index (κ3) is 5.05. The lowest BCUT2D eigenvalue weighted by molar-refractivity contribution is -0.404. The minimum Gasteiger partial charge on any atom is -0.463 e. The topological polar surface area (TPSA) is 86.8 Å². The lowest BCUT2D eigenvalue weighted by Gasteiger charge is -2.16. The standard InChI is InChI=1S/C14H23N5O3/c1-17(2)10-13-4-3-12(22-13)9-15-5-7-18-8-6-16-14(18)11-19(20)21/h3-4,11,15-16H,5-10H2,1-2H3/b14-11+. The van der Waals surface area contributed by atoms with Crippen molar-refractivity contribution in [1.82, 2.24) is 20.4 Å². The molecule has 0 saturated carbocycles. The van der Waals surface area contributed by atoms with E-state index in [1.807, 2.05) is 31.1 Å². The second kappa shape index (κ2) is 7.81. The van der Waals surface area contributed by atoms with Gasteiger partial charge in [0.15, 0.2) is 5.82 Å². The number of nitrogens with zero attached hydrogens (tertiary/aromatic N) is 3. The number of furan rings is 1. The van der Waals surface area contributed by atoms with Crippen LogP contribution in [-0.2, 0) is 13.1 Å². The highest BCUT2D eigenvalue weighted by molar-refractivity contribution is 5.07. The van der Waals surface area contributed by atoms with E-state index in [0.29, 0.717) is 12.4 Å². The van der Waals surface area contributed by atoms with Gasteiger partial charge in [0.2, 0.25) is 0 Å². The van der Waals surface area contributed by atoms with Crippen LogP contribution in [0, 0.1) is 10.1 Å². The molecule has 0 aromatic carbocycles. The lowest BCUT2D eigenvalue weighted by atomic mass is 10.4. The van der Waals surface area contributed by atoms with Gasteiger partial charge in [-0.2, -0.15) is 0 Å². The van der Waals surface area contributed by atoms with Crippen molar-refractivity contribution in [2.45, 2.75) is 13.1 Å². The smallest absolute Gasteiger partial charge is 0.274 e. The van der Waals surface area contributed by atoms with Crippen LogP contribution in [0.15, 0.2) is 28.6 Å². The number of rotatable bonds is 8. The molecule has 0 atom stereocenters. The first-order valence-corrected chi connectivity index (χ1v) is 7.32. The molecule has 1 aromatic heterocycles. The quantitative estimate of drug-likeness (QED) is 0.408. The molecule has 1 aliphatic heterocycles. The van der Waals surface area contributed by atoms with Gasteiger partial charge in [-0.15, -0.1) is 0 Å². The Bertz CT molecular complexity index is 526. The molecule has 0 aliphatic carbocycles. The summed E-state index contributed by atoms with van der Waals surface area (Å²) in [5.41, 5.74) is 0. The van der Waals surface area contributed by atoms with Gasteiger partial charge in [0, 0.05) is 26.2 Å². The molecule has 1 saturated heterocycles. The zero-order valence-corrected chi connectivity index (χ0v) is 13.0. The first-order chi connectivity index (χ1) is 10.5. The Morgan fingerprint density at radius 1 is 1.50 bits per heavy atom. The van der Waals surface area contributed by atoms with Crippen molar-refractivity contribution in [3.8, 4) is 0 Å². The molecule has 8 heteroatoms. The average molecular weight is 309 g/mol. The normalized spacial score (nSPS) is 16.5. The summed E-state index contributed by atoms with van der Waals surface area (Å²) < 4.78 is 5.71. The van der Waals surface area contributed by atoms with E-state index in [-0.39, 0.29) is 0 Å². The van der Waals surface area contributed by atoms with E-state index in [9.17, 15) is 10.1 Å². The predicted molar refractivity (Wildman–Crippen MR) is 82.5 cm³/mol. The SMILES string of the molecule is CN(C)Cc1ccc(CNCCN2CCN/C2=C\[N+](=O)[O-])o1. The molecule has 1 aliphatic rings. The molecule has 0 unspecified atom stereocenters. The summed E-state index contributed by atoms with van der Waals surface area (Å²) in [6, 6.07) is 3.96. The maximum Gasteiger partial charge on any atom is 0.274 e. The summed E-state index contributed by atoms with van der Waals surface area (Å²) in [6.07, 6.45) is 1.02. The van der Waals surface area contributed by atoms with E-state index < -0.39 is 4.92 Å². The van der Waals surface area contributed by atoms with Crippen LogP contribution in [0.2, 0.25) is 0 Å². The Labute approximate surface area is 129 Å². The molecule has 2 rings (SSSR count). The fourth-order valence-electron chi connectivity index (χ4n) is 2.35. The molecule has 0 bridgehead atoms. The second-order valence-corrected chi connectivity index (χ2v) is 5.50. The Morgan fingerprint density at radius 2 is 2.27 bits per heavy atom. The molecular formula is C14H23N5O3. The number of hydrogen-bond donors (Lipinski definition) is 2. The van der Waals surface area contributed by atoms with Gasteiger partial charge in [0.05, 0.1) is 18.0 Å². The van der Waals surface area contributed by atoms with E-state index in [4.69, 9.17) is 4.42 Å². The van der Waals surface area contributed by atoms with Gasteiger partial charge in [-0.25, -0.2) is 0 Å². The molecule has 2 N–H and O–H groups in total. The van der Waals surface area contributed by atoms with Crippen LogP contribution < -0.4 is 10.6 Å². The summed E-state index contributed by atoms with van der Waals surface area (Å²) in [7, 11) is 4.00. The molecule has 0 radical (unpaired) electrons. The Hall–Kier alpha value is -2.06. The van der Waals surface area contributed by atoms with Gasteiger partial charge in [-0.1, -0.05) is 0 Å². The van der Waals surface area contributed by atoms with Crippen molar-refractivity contribution >= 4 is 0 Å². The number of nitrogens with one attached hydrogen (secondary N) is 2.